The second-order valence-electron chi connectivity index (χ2n) is 12.2. The van der Waals surface area contributed by atoms with Crippen molar-refractivity contribution in [1.82, 2.24) is 14.5 Å². The van der Waals surface area contributed by atoms with Gasteiger partial charge in [-0.05, 0) is 57.9 Å². The second kappa shape index (κ2) is 12.6. The van der Waals surface area contributed by atoms with Crippen LogP contribution in [-0.4, -0.2) is 72.3 Å². The van der Waals surface area contributed by atoms with Crippen LogP contribution in [0.25, 0.3) is 11.0 Å². The molecule has 4 rings (SSSR count). The molecule has 0 atom stereocenters. The van der Waals surface area contributed by atoms with E-state index in [1.807, 2.05) is 4.90 Å². The van der Waals surface area contributed by atoms with Gasteiger partial charge in [0.05, 0.1) is 11.1 Å². The molecule has 1 N–H and O–H groups in total. The van der Waals surface area contributed by atoms with Gasteiger partial charge in [0.15, 0.2) is 11.6 Å². The highest BCUT2D eigenvalue weighted by atomic mass is 19.4. The molecule has 0 bridgehead atoms. The molecule has 3 heterocycles. The molecule has 244 valence electrons. The van der Waals surface area contributed by atoms with Crippen LogP contribution in [0.15, 0.2) is 29.1 Å². The Kier molecular flexibility index (Phi) is 9.36. The summed E-state index contributed by atoms with van der Waals surface area (Å²) in [4.78, 5) is 49.2. The standard InChI is InChI=1S/C31H38F4N6O4/c1-8-22-26(39-11-13-40(14-12-39)29(44)45-30(3,4)5)27(43)25-23(16-20(32)28(37-25)38(6)7)41(22)17-24(42)36-21-10-9-19(15-18(21)2)31(33,34)35/h9-10,15-16H,8,11-14,17H2,1-7H3,(H,36,42). The lowest BCUT2D eigenvalue weighted by molar-refractivity contribution is -0.137. The number of aryl methyl sites for hydroxylation is 1. The first-order valence-electron chi connectivity index (χ1n) is 14.5. The van der Waals surface area contributed by atoms with E-state index in [0.29, 0.717) is 18.8 Å². The summed E-state index contributed by atoms with van der Waals surface area (Å²) >= 11 is 0. The van der Waals surface area contributed by atoms with Crippen LogP contribution in [0.3, 0.4) is 0 Å². The molecule has 1 fully saturated rings. The number of rotatable bonds is 6. The number of carbonyl (C=O) groups is 2. The van der Waals surface area contributed by atoms with Crippen molar-refractivity contribution in [3.05, 3.63) is 57.1 Å². The van der Waals surface area contributed by atoms with Gasteiger partial charge in [0, 0.05) is 57.7 Å². The number of halogens is 4. The first kappa shape index (κ1) is 33.5. The lowest BCUT2D eigenvalue weighted by Crippen LogP contribution is -2.51. The predicted molar refractivity (Wildman–Crippen MR) is 164 cm³/mol. The van der Waals surface area contributed by atoms with Crippen LogP contribution in [0, 0.1) is 12.7 Å². The zero-order chi connectivity index (χ0) is 33.4. The van der Waals surface area contributed by atoms with Crippen LogP contribution >= 0.6 is 0 Å². The smallest absolute Gasteiger partial charge is 0.416 e. The first-order chi connectivity index (χ1) is 20.9. The maximum absolute atomic E-state index is 15.2. The number of carbonyl (C=O) groups excluding carboxylic acids is 2. The Bertz CT molecular complexity index is 1670. The number of pyridine rings is 2. The number of nitrogens with zero attached hydrogens (tertiary/aromatic N) is 5. The van der Waals surface area contributed by atoms with Crippen molar-refractivity contribution in [2.24, 2.45) is 0 Å². The lowest BCUT2D eigenvalue weighted by atomic mass is 10.1. The minimum absolute atomic E-state index is 0.0413. The Morgan fingerprint density at radius 1 is 1.07 bits per heavy atom. The molecule has 0 unspecified atom stereocenters. The highest BCUT2D eigenvalue weighted by Crippen LogP contribution is 2.32. The number of piperazine rings is 1. The van der Waals surface area contributed by atoms with Gasteiger partial charge in [-0.1, -0.05) is 6.92 Å². The molecule has 1 aliphatic heterocycles. The SMILES string of the molecule is CCc1c(N2CCN(C(=O)OC(C)(C)C)CC2)c(=O)c2nc(N(C)C)c(F)cc2n1CC(=O)Nc1ccc(C(F)(F)F)cc1C. The molecule has 0 saturated carbocycles. The van der Waals surface area contributed by atoms with Crippen molar-refractivity contribution in [2.45, 2.75) is 59.4 Å². The number of hydrogen-bond donors (Lipinski definition) is 1. The van der Waals surface area contributed by atoms with Crippen molar-refractivity contribution in [1.29, 1.82) is 0 Å². The Morgan fingerprint density at radius 3 is 2.24 bits per heavy atom. The van der Waals surface area contributed by atoms with E-state index in [0.717, 1.165) is 12.1 Å². The van der Waals surface area contributed by atoms with E-state index in [4.69, 9.17) is 4.74 Å². The quantitative estimate of drug-likeness (QED) is 0.373. The number of hydrogen-bond acceptors (Lipinski definition) is 7. The third-order valence-corrected chi connectivity index (χ3v) is 7.39. The molecule has 0 spiro atoms. The van der Waals surface area contributed by atoms with Gasteiger partial charge in [-0.15, -0.1) is 0 Å². The summed E-state index contributed by atoms with van der Waals surface area (Å²) < 4.78 is 61.7. The molecular weight excluding hydrogens is 596 g/mol. The van der Waals surface area contributed by atoms with E-state index in [9.17, 15) is 27.6 Å². The highest BCUT2D eigenvalue weighted by Gasteiger charge is 2.32. The molecule has 2 aromatic heterocycles. The largest absolute Gasteiger partial charge is 0.444 e. The summed E-state index contributed by atoms with van der Waals surface area (Å²) in [6.07, 6.45) is -4.71. The van der Waals surface area contributed by atoms with E-state index in [2.05, 4.69) is 10.3 Å². The van der Waals surface area contributed by atoms with Crippen LogP contribution in [0.4, 0.5) is 39.5 Å². The number of benzene rings is 1. The van der Waals surface area contributed by atoms with Gasteiger partial charge in [0.2, 0.25) is 11.3 Å². The van der Waals surface area contributed by atoms with Crippen LogP contribution in [0.1, 0.15) is 44.5 Å². The average Bonchev–Trinajstić information content (AvgIpc) is 2.93. The fraction of sp³-hybridized carbons (Fsp3) is 0.484. The van der Waals surface area contributed by atoms with Crippen LogP contribution in [0.2, 0.25) is 0 Å². The summed E-state index contributed by atoms with van der Waals surface area (Å²) in [5.41, 5.74) is -0.735. The molecule has 2 amide bonds. The second-order valence-corrected chi connectivity index (χ2v) is 12.2. The van der Waals surface area contributed by atoms with Gasteiger partial charge in [-0.3, -0.25) is 9.59 Å². The van der Waals surface area contributed by atoms with E-state index in [-0.39, 0.29) is 59.8 Å². The van der Waals surface area contributed by atoms with Crippen molar-refractivity contribution >= 4 is 40.2 Å². The Morgan fingerprint density at radius 2 is 1.71 bits per heavy atom. The van der Waals surface area contributed by atoms with E-state index < -0.39 is 40.6 Å². The topological polar surface area (TPSA) is 100 Å². The van der Waals surface area contributed by atoms with E-state index >= 15 is 4.39 Å². The molecule has 1 aromatic carbocycles. The van der Waals surface area contributed by atoms with Gasteiger partial charge in [-0.2, -0.15) is 13.2 Å². The van der Waals surface area contributed by atoms with Gasteiger partial charge in [0.1, 0.15) is 23.3 Å². The van der Waals surface area contributed by atoms with Crippen LogP contribution < -0.4 is 20.5 Å². The Hall–Kier alpha value is -4.36. The number of anilines is 3. The summed E-state index contributed by atoms with van der Waals surface area (Å²) in [5, 5.41) is 2.65. The number of nitrogens with one attached hydrogen (secondary N) is 1. The summed E-state index contributed by atoms with van der Waals surface area (Å²) in [7, 11) is 3.18. The molecular formula is C31H38F4N6O4. The molecule has 1 aliphatic rings. The van der Waals surface area contributed by atoms with Gasteiger partial charge in [0.25, 0.3) is 0 Å². The van der Waals surface area contributed by atoms with Crippen molar-refractivity contribution < 1.29 is 31.9 Å². The van der Waals surface area contributed by atoms with Gasteiger partial charge >= 0.3 is 12.3 Å². The van der Waals surface area contributed by atoms with E-state index in [1.54, 1.807) is 46.7 Å². The summed E-state index contributed by atoms with van der Waals surface area (Å²) in [5.74, 6) is -1.34. The maximum atomic E-state index is 15.2. The molecule has 3 aromatic rings. The fourth-order valence-corrected chi connectivity index (χ4v) is 5.29. The number of amides is 2. The fourth-order valence-electron chi connectivity index (χ4n) is 5.29. The monoisotopic (exact) mass is 634 g/mol. The van der Waals surface area contributed by atoms with E-state index in [1.165, 1.54) is 28.5 Å². The molecule has 14 heteroatoms. The van der Waals surface area contributed by atoms with Crippen molar-refractivity contribution in [3.8, 4) is 0 Å². The molecule has 0 aliphatic carbocycles. The number of alkyl halides is 3. The number of aromatic nitrogens is 2. The van der Waals surface area contributed by atoms with Crippen LogP contribution in [0.5, 0.6) is 0 Å². The minimum Gasteiger partial charge on any atom is -0.444 e. The summed E-state index contributed by atoms with van der Waals surface area (Å²) in [6.45, 7) is 9.37. The Labute approximate surface area is 258 Å². The molecule has 10 nitrogen and oxygen atoms in total. The maximum Gasteiger partial charge on any atom is 0.416 e. The van der Waals surface area contributed by atoms with Gasteiger partial charge < -0.3 is 29.3 Å². The summed E-state index contributed by atoms with van der Waals surface area (Å²) in [6, 6.07) is 4.17. The third-order valence-electron chi connectivity index (χ3n) is 7.39. The molecule has 45 heavy (non-hydrogen) atoms. The highest BCUT2D eigenvalue weighted by molar-refractivity contribution is 5.93. The Balaban J connectivity index is 1.75. The van der Waals surface area contributed by atoms with Gasteiger partial charge in [-0.25, -0.2) is 14.2 Å². The first-order valence-corrected chi connectivity index (χ1v) is 14.5. The molecule has 1 saturated heterocycles. The third kappa shape index (κ3) is 7.31. The minimum atomic E-state index is -4.53. The zero-order valence-electron chi connectivity index (χ0n) is 26.4. The lowest BCUT2D eigenvalue weighted by Gasteiger charge is -2.37. The molecule has 0 radical (unpaired) electrons. The van der Waals surface area contributed by atoms with Crippen molar-refractivity contribution in [2.75, 3.05) is 55.4 Å². The average molecular weight is 635 g/mol. The zero-order valence-corrected chi connectivity index (χ0v) is 26.4. The van der Waals surface area contributed by atoms with Crippen LogP contribution in [-0.2, 0) is 28.7 Å². The number of ether oxygens (including phenoxy) is 1. The predicted octanol–water partition coefficient (Wildman–Crippen LogP) is 5.19. The normalized spacial score (nSPS) is 14.1. The number of fused-ring (bicyclic) bond motifs is 1. The van der Waals surface area contributed by atoms with Crippen molar-refractivity contribution in [3.63, 3.8) is 0 Å².